The second-order valence-electron chi connectivity index (χ2n) is 6.40. The van der Waals surface area contributed by atoms with Gasteiger partial charge in [0, 0.05) is 18.1 Å². The lowest BCUT2D eigenvalue weighted by Gasteiger charge is -2.48. The first-order chi connectivity index (χ1) is 8.23. The molecule has 0 spiro atoms. The summed E-state index contributed by atoms with van der Waals surface area (Å²) < 4.78 is 0. The van der Waals surface area contributed by atoms with Crippen molar-refractivity contribution in [3.8, 4) is 0 Å². The summed E-state index contributed by atoms with van der Waals surface area (Å²) in [6, 6.07) is 0.799. The quantitative estimate of drug-likeness (QED) is 0.809. The molecule has 0 saturated heterocycles. The molecule has 100 valence electrons. The van der Waals surface area contributed by atoms with Crippen LogP contribution >= 0.6 is 0 Å². The first-order valence-corrected chi connectivity index (χ1v) is 7.64. The molecule has 0 aromatic carbocycles. The lowest BCUT2D eigenvalue weighted by molar-refractivity contribution is 0.0560. The number of hydrogen-bond donors (Lipinski definition) is 1. The first kappa shape index (κ1) is 13.4. The zero-order valence-electron chi connectivity index (χ0n) is 11.8. The highest BCUT2D eigenvalue weighted by molar-refractivity contribution is 4.98. The molecule has 2 fully saturated rings. The highest BCUT2D eigenvalue weighted by Gasteiger charge is 2.38. The lowest BCUT2D eigenvalue weighted by Crippen LogP contribution is -2.57. The standard InChI is InChI=1S/C15H30N2/c1-17(2)15(11-8-12-15)13-16-14-9-6-4-3-5-7-10-14/h14,16H,3-13H2,1-2H3. The van der Waals surface area contributed by atoms with E-state index in [9.17, 15) is 0 Å². The monoisotopic (exact) mass is 238 g/mol. The summed E-state index contributed by atoms with van der Waals surface area (Å²) in [5.41, 5.74) is 0.488. The van der Waals surface area contributed by atoms with E-state index >= 15 is 0 Å². The van der Waals surface area contributed by atoms with E-state index in [-0.39, 0.29) is 0 Å². The van der Waals surface area contributed by atoms with Crippen molar-refractivity contribution in [2.24, 2.45) is 0 Å². The van der Waals surface area contributed by atoms with Gasteiger partial charge in [-0.2, -0.15) is 0 Å². The van der Waals surface area contributed by atoms with Gasteiger partial charge in [-0.25, -0.2) is 0 Å². The third-order valence-corrected chi connectivity index (χ3v) is 5.06. The fourth-order valence-electron chi connectivity index (χ4n) is 3.36. The van der Waals surface area contributed by atoms with E-state index in [0.717, 1.165) is 6.04 Å². The number of nitrogens with one attached hydrogen (secondary N) is 1. The van der Waals surface area contributed by atoms with E-state index in [1.54, 1.807) is 0 Å². The van der Waals surface area contributed by atoms with Crippen LogP contribution in [-0.4, -0.2) is 37.1 Å². The van der Waals surface area contributed by atoms with Crippen LogP contribution in [0.3, 0.4) is 0 Å². The minimum Gasteiger partial charge on any atom is -0.312 e. The highest BCUT2D eigenvalue weighted by atomic mass is 15.2. The number of rotatable bonds is 4. The van der Waals surface area contributed by atoms with E-state index in [0.29, 0.717) is 5.54 Å². The van der Waals surface area contributed by atoms with Gasteiger partial charge in [0.25, 0.3) is 0 Å². The van der Waals surface area contributed by atoms with Crippen molar-refractivity contribution in [1.29, 1.82) is 0 Å². The molecule has 2 heteroatoms. The second kappa shape index (κ2) is 6.19. The Kier molecular flexibility index (Phi) is 4.87. The van der Waals surface area contributed by atoms with E-state index < -0.39 is 0 Å². The number of hydrogen-bond acceptors (Lipinski definition) is 2. The fourth-order valence-corrected chi connectivity index (χ4v) is 3.36. The molecule has 0 aromatic heterocycles. The van der Waals surface area contributed by atoms with Crippen molar-refractivity contribution in [2.45, 2.75) is 75.8 Å². The summed E-state index contributed by atoms with van der Waals surface area (Å²) in [6.07, 6.45) is 14.3. The van der Waals surface area contributed by atoms with Crippen LogP contribution in [0.5, 0.6) is 0 Å². The average molecular weight is 238 g/mol. The molecular weight excluding hydrogens is 208 g/mol. The Hall–Kier alpha value is -0.0800. The maximum Gasteiger partial charge on any atom is 0.0328 e. The van der Waals surface area contributed by atoms with E-state index in [1.807, 2.05) is 0 Å². The van der Waals surface area contributed by atoms with Crippen molar-refractivity contribution in [3.05, 3.63) is 0 Å². The van der Waals surface area contributed by atoms with Crippen LogP contribution in [0.15, 0.2) is 0 Å². The Morgan fingerprint density at radius 2 is 1.53 bits per heavy atom. The molecule has 0 aliphatic heterocycles. The lowest BCUT2D eigenvalue weighted by atomic mass is 9.75. The van der Waals surface area contributed by atoms with E-state index in [2.05, 4.69) is 24.3 Å². The molecule has 2 nitrogen and oxygen atoms in total. The van der Waals surface area contributed by atoms with E-state index in [1.165, 1.54) is 70.8 Å². The molecule has 0 amide bonds. The minimum atomic E-state index is 0.488. The van der Waals surface area contributed by atoms with Crippen LogP contribution < -0.4 is 5.32 Å². The summed E-state index contributed by atoms with van der Waals surface area (Å²) in [5, 5.41) is 3.87. The summed E-state index contributed by atoms with van der Waals surface area (Å²) in [5.74, 6) is 0. The summed E-state index contributed by atoms with van der Waals surface area (Å²) in [6.45, 7) is 1.21. The second-order valence-corrected chi connectivity index (χ2v) is 6.40. The molecule has 2 aliphatic rings. The van der Waals surface area contributed by atoms with Crippen LogP contribution in [0, 0.1) is 0 Å². The van der Waals surface area contributed by atoms with Crippen molar-refractivity contribution in [2.75, 3.05) is 20.6 Å². The predicted molar refractivity (Wildman–Crippen MR) is 74.4 cm³/mol. The highest BCUT2D eigenvalue weighted by Crippen LogP contribution is 2.35. The predicted octanol–water partition coefficient (Wildman–Crippen LogP) is 3.17. The molecule has 0 atom stereocenters. The zero-order valence-corrected chi connectivity index (χ0v) is 11.8. The van der Waals surface area contributed by atoms with Gasteiger partial charge in [0.2, 0.25) is 0 Å². The van der Waals surface area contributed by atoms with Gasteiger partial charge in [-0.3, -0.25) is 0 Å². The molecule has 2 aliphatic carbocycles. The fraction of sp³-hybridized carbons (Fsp3) is 1.00. The Labute approximate surface area is 107 Å². The molecule has 1 N–H and O–H groups in total. The van der Waals surface area contributed by atoms with Gasteiger partial charge in [-0.05, 0) is 46.2 Å². The summed E-state index contributed by atoms with van der Waals surface area (Å²) in [7, 11) is 4.50. The Morgan fingerprint density at radius 3 is 2.00 bits per heavy atom. The number of likely N-dealkylation sites (N-methyl/N-ethyl adjacent to an activating group) is 1. The maximum absolute atomic E-state index is 3.87. The average Bonchev–Trinajstić information content (AvgIpc) is 2.18. The Balaban J connectivity index is 1.75. The van der Waals surface area contributed by atoms with Crippen molar-refractivity contribution >= 4 is 0 Å². The third kappa shape index (κ3) is 3.45. The molecule has 2 rings (SSSR count). The van der Waals surface area contributed by atoms with Crippen molar-refractivity contribution in [1.82, 2.24) is 10.2 Å². The molecule has 2 saturated carbocycles. The van der Waals surface area contributed by atoms with Crippen LogP contribution in [0.1, 0.15) is 64.2 Å². The molecule has 0 bridgehead atoms. The van der Waals surface area contributed by atoms with Gasteiger partial charge in [0.15, 0.2) is 0 Å². The third-order valence-electron chi connectivity index (χ3n) is 5.06. The Morgan fingerprint density at radius 1 is 0.941 bits per heavy atom. The molecule has 0 radical (unpaired) electrons. The van der Waals surface area contributed by atoms with Crippen LogP contribution in [0.25, 0.3) is 0 Å². The van der Waals surface area contributed by atoms with Crippen molar-refractivity contribution < 1.29 is 0 Å². The largest absolute Gasteiger partial charge is 0.312 e. The maximum atomic E-state index is 3.87. The van der Waals surface area contributed by atoms with E-state index in [4.69, 9.17) is 0 Å². The minimum absolute atomic E-state index is 0.488. The van der Waals surface area contributed by atoms with Gasteiger partial charge in [0.1, 0.15) is 0 Å². The molecule has 0 aromatic rings. The molecule has 0 heterocycles. The molecule has 17 heavy (non-hydrogen) atoms. The topological polar surface area (TPSA) is 15.3 Å². The number of nitrogens with zero attached hydrogens (tertiary/aromatic N) is 1. The summed E-state index contributed by atoms with van der Waals surface area (Å²) >= 11 is 0. The van der Waals surface area contributed by atoms with Crippen LogP contribution in [0.2, 0.25) is 0 Å². The van der Waals surface area contributed by atoms with Gasteiger partial charge < -0.3 is 10.2 Å². The van der Waals surface area contributed by atoms with Crippen molar-refractivity contribution in [3.63, 3.8) is 0 Å². The van der Waals surface area contributed by atoms with Gasteiger partial charge in [-0.1, -0.05) is 32.1 Å². The SMILES string of the molecule is CN(C)C1(CNC2CCCCCCC2)CCC1. The smallest absolute Gasteiger partial charge is 0.0328 e. The summed E-state index contributed by atoms with van der Waals surface area (Å²) in [4.78, 5) is 2.45. The molecular formula is C15H30N2. The van der Waals surface area contributed by atoms with Gasteiger partial charge in [0.05, 0.1) is 0 Å². The van der Waals surface area contributed by atoms with Gasteiger partial charge >= 0.3 is 0 Å². The first-order valence-electron chi connectivity index (χ1n) is 7.64. The van der Waals surface area contributed by atoms with Gasteiger partial charge in [-0.15, -0.1) is 0 Å². The van der Waals surface area contributed by atoms with Crippen LogP contribution in [-0.2, 0) is 0 Å². The normalized spacial score (nSPS) is 26.3. The molecule has 0 unspecified atom stereocenters. The Bertz CT molecular complexity index is 213. The zero-order chi connectivity index (χ0) is 12.1. The van der Waals surface area contributed by atoms with Crippen LogP contribution in [0.4, 0.5) is 0 Å².